The van der Waals surface area contributed by atoms with Crippen molar-refractivity contribution in [1.29, 1.82) is 0 Å². The third-order valence-electron chi connectivity index (χ3n) is 2.30. The number of thioether (sulfide) groups is 1. The molecule has 0 amide bonds. The van der Waals surface area contributed by atoms with Crippen molar-refractivity contribution in [2.45, 2.75) is 17.6 Å². The Labute approximate surface area is 114 Å². The highest BCUT2D eigenvalue weighted by Crippen LogP contribution is 2.30. The molecule has 88 valence electrons. The number of halogens is 1. The van der Waals surface area contributed by atoms with Crippen LogP contribution in [0.3, 0.4) is 0 Å². The quantitative estimate of drug-likeness (QED) is 0.687. The Morgan fingerprint density at radius 2 is 2.12 bits per heavy atom. The van der Waals surface area contributed by atoms with E-state index >= 15 is 0 Å². The molecule has 1 heterocycles. The number of nitrogens with zero attached hydrogens (tertiary/aromatic N) is 1. The number of benzene rings is 1. The molecule has 0 saturated carbocycles. The van der Waals surface area contributed by atoms with E-state index in [1.807, 2.05) is 30.6 Å². The Bertz CT molecular complexity index is 529. The van der Waals surface area contributed by atoms with Crippen molar-refractivity contribution in [2.24, 2.45) is 0 Å². The summed E-state index contributed by atoms with van der Waals surface area (Å²) in [5, 5.41) is 0. The van der Waals surface area contributed by atoms with E-state index in [2.05, 4.69) is 33.9 Å². The fraction of sp³-hybridized carbons (Fsp3) is 0.154. The summed E-state index contributed by atoms with van der Waals surface area (Å²) in [6, 6.07) is 8.12. The molecule has 2 nitrogen and oxygen atoms in total. The van der Waals surface area contributed by atoms with E-state index in [-0.39, 0.29) is 0 Å². The maximum absolute atomic E-state index is 5.95. The summed E-state index contributed by atoms with van der Waals surface area (Å²) < 4.78 is 1.01. The standard InChI is InChI=1S/C13H13BrN2S/c1-9-4-10(7-16-6-9)8-17-13-3-2-11(14)5-12(13)15/h2-7H,8,15H2,1H3. The minimum absolute atomic E-state index is 0.810. The van der Waals surface area contributed by atoms with Crippen LogP contribution in [0.1, 0.15) is 11.1 Å². The van der Waals surface area contributed by atoms with Crippen molar-refractivity contribution in [3.8, 4) is 0 Å². The van der Waals surface area contributed by atoms with Gasteiger partial charge in [0, 0.05) is 33.2 Å². The molecule has 0 saturated heterocycles. The Hall–Kier alpha value is -1.00. The number of hydrogen-bond acceptors (Lipinski definition) is 3. The molecule has 2 aromatic rings. The molecule has 1 aromatic carbocycles. The smallest absolute Gasteiger partial charge is 0.0463 e. The van der Waals surface area contributed by atoms with Crippen LogP contribution < -0.4 is 5.73 Å². The number of hydrogen-bond donors (Lipinski definition) is 1. The Kier molecular flexibility index (Phi) is 4.07. The van der Waals surface area contributed by atoms with E-state index in [1.165, 1.54) is 11.1 Å². The van der Waals surface area contributed by atoms with Gasteiger partial charge in [-0.1, -0.05) is 22.0 Å². The molecule has 0 aliphatic rings. The van der Waals surface area contributed by atoms with Gasteiger partial charge in [-0.2, -0.15) is 0 Å². The van der Waals surface area contributed by atoms with E-state index in [1.54, 1.807) is 11.8 Å². The van der Waals surface area contributed by atoms with Crippen LogP contribution in [0.15, 0.2) is 46.0 Å². The van der Waals surface area contributed by atoms with Crippen molar-refractivity contribution in [3.63, 3.8) is 0 Å². The third kappa shape index (κ3) is 3.48. The van der Waals surface area contributed by atoms with Crippen LogP contribution in [-0.2, 0) is 5.75 Å². The maximum atomic E-state index is 5.95. The fourth-order valence-electron chi connectivity index (χ4n) is 1.51. The number of pyridine rings is 1. The second-order valence-corrected chi connectivity index (χ2v) is 5.77. The molecule has 0 atom stereocenters. The molecule has 1 aromatic heterocycles. The largest absolute Gasteiger partial charge is 0.398 e. The summed E-state index contributed by atoms with van der Waals surface area (Å²) in [5.41, 5.74) is 9.17. The van der Waals surface area contributed by atoms with Gasteiger partial charge in [0.15, 0.2) is 0 Å². The average Bonchev–Trinajstić information content (AvgIpc) is 2.28. The van der Waals surface area contributed by atoms with Gasteiger partial charge in [-0.05, 0) is 36.2 Å². The van der Waals surface area contributed by atoms with Gasteiger partial charge in [-0.25, -0.2) is 0 Å². The molecule has 0 spiro atoms. The number of nitrogen functional groups attached to an aromatic ring is 1. The van der Waals surface area contributed by atoms with Crippen molar-refractivity contribution in [1.82, 2.24) is 4.98 Å². The van der Waals surface area contributed by atoms with E-state index < -0.39 is 0 Å². The minimum atomic E-state index is 0.810. The van der Waals surface area contributed by atoms with Gasteiger partial charge >= 0.3 is 0 Å². The normalized spacial score (nSPS) is 10.5. The highest BCUT2D eigenvalue weighted by molar-refractivity contribution is 9.10. The van der Waals surface area contributed by atoms with Crippen LogP contribution >= 0.6 is 27.7 Å². The van der Waals surface area contributed by atoms with Gasteiger partial charge in [-0.15, -0.1) is 11.8 Å². The zero-order chi connectivity index (χ0) is 12.3. The summed E-state index contributed by atoms with van der Waals surface area (Å²) in [7, 11) is 0. The molecular formula is C13H13BrN2S. The topological polar surface area (TPSA) is 38.9 Å². The van der Waals surface area contributed by atoms with Gasteiger partial charge in [0.1, 0.15) is 0 Å². The van der Waals surface area contributed by atoms with Gasteiger partial charge < -0.3 is 5.73 Å². The number of nitrogens with two attached hydrogens (primary N) is 1. The van der Waals surface area contributed by atoms with E-state index in [0.29, 0.717) is 0 Å². The van der Waals surface area contributed by atoms with Crippen LogP contribution in [0.4, 0.5) is 5.69 Å². The maximum Gasteiger partial charge on any atom is 0.0463 e. The minimum Gasteiger partial charge on any atom is -0.398 e. The zero-order valence-corrected chi connectivity index (χ0v) is 11.9. The molecule has 17 heavy (non-hydrogen) atoms. The van der Waals surface area contributed by atoms with E-state index in [0.717, 1.165) is 20.8 Å². The highest BCUT2D eigenvalue weighted by atomic mass is 79.9. The van der Waals surface area contributed by atoms with Crippen LogP contribution in [0.5, 0.6) is 0 Å². The molecule has 0 aliphatic carbocycles. The zero-order valence-electron chi connectivity index (χ0n) is 9.48. The molecule has 0 radical (unpaired) electrons. The Morgan fingerprint density at radius 1 is 1.29 bits per heavy atom. The molecule has 4 heteroatoms. The first-order valence-corrected chi connectivity index (χ1v) is 7.01. The summed E-state index contributed by atoms with van der Waals surface area (Å²) in [5.74, 6) is 0.889. The second kappa shape index (κ2) is 5.56. The summed E-state index contributed by atoms with van der Waals surface area (Å²) in [6.07, 6.45) is 3.76. The lowest BCUT2D eigenvalue weighted by molar-refractivity contribution is 1.20. The number of aryl methyl sites for hydroxylation is 1. The van der Waals surface area contributed by atoms with Crippen molar-refractivity contribution in [2.75, 3.05) is 5.73 Å². The van der Waals surface area contributed by atoms with E-state index in [9.17, 15) is 0 Å². The predicted octanol–water partition coefficient (Wildman–Crippen LogP) is 4.03. The predicted molar refractivity (Wildman–Crippen MR) is 77.1 cm³/mol. The van der Waals surface area contributed by atoms with Gasteiger partial charge in [0.05, 0.1) is 0 Å². The Morgan fingerprint density at radius 3 is 2.82 bits per heavy atom. The molecule has 0 bridgehead atoms. The van der Waals surface area contributed by atoms with E-state index in [4.69, 9.17) is 5.73 Å². The van der Waals surface area contributed by atoms with Crippen LogP contribution in [0.2, 0.25) is 0 Å². The molecule has 0 unspecified atom stereocenters. The third-order valence-corrected chi connectivity index (χ3v) is 3.95. The van der Waals surface area contributed by atoms with Gasteiger partial charge in [-0.3, -0.25) is 4.98 Å². The van der Waals surface area contributed by atoms with Crippen molar-refractivity contribution in [3.05, 3.63) is 52.3 Å². The van der Waals surface area contributed by atoms with Crippen LogP contribution in [0.25, 0.3) is 0 Å². The molecule has 0 aliphatic heterocycles. The lowest BCUT2D eigenvalue weighted by atomic mass is 10.2. The highest BCUT2D eigenvalue weighted by Gasteiger charge is 2.02. The number of rotatable bonds is 3. The second-order valence-electron chi connectivity index (χ2n) is 3.84. The summed E-state index contributed by atoms with van der Waals surface area (Å²) >= 11 is 5.13. The summed E-state index contributed by atoms with van der Waals surface area (Å²) in [4.78, 5) is 5.29. The Balaban J connectivity index is 2.07. The lowest BCUT2D eigenvalue weighted by Crippen LogP contribution is -1.90. The van der Waals surface area contributed by atoms with Gasteiger partial charge in [0.25, 0.3) is 0 Å². The van der Waals surface area contributed by atoms with Crippen molar-refractivity contribution < 1.29 is 0 Å². The fourth-order valence-corrected chi connectivity index (χ4v) is 2.76. The lowest BCUT2D eigenvalue weighted by Gasteiger charge is -2.06. The average molecular weight is 309 g/mol. The molecule has 0 fully saturated rings. The monoisotopic (exact) mass is 308 g/mol. The van der Waals surface area contributed by atoms with Crippen molar-refractivity contribution >= 4 is 33.4 Å². The molecule has 2 rings (SSSR count). The first kappa shape index (κ1) is 12.5. The SMILES string of the molecule is Cc1cncc(CSc2ccc(Br)cc2N)c1. The summed E-state index contributed by atoms with van der Waals surface area (Å²) in [6.45, 7) is 2.05. The van der Waals surface area contributed by atoms with Gasteiger partial charge in [0.2, 0.25) is 0 Å². The first-order chi connectivity index (χ1) is 8.15. The number of aromatic nitrogens is 1. The molecular weight excluding hydrogens is 296 g/mol. The number of anilines is 1. The first-order valence-electron chi connectivity index (χ1n) is 5.23. The van der Waals surface area contributed by atoms with Crippen LogP contribution in [-0.4, -0.2) is 4.98 Å². The van der Waals surface area contributed by atoms with Crippen LogP contribution in [0, 0.1) is 6.92 Å². The molecule has 2 N–H and O–H groups in total.